The summed E-state index contributed by atoms with van der Waals surface area (Å²) in [5.41, 5.74) is 0.648. The summed E-state index contributed by atoms with van der Waals surface area (Å²) in [5, 5.41) is 10.9. The van der Waals surface area contributed by atoms with Crippen LogP contribution in [0.2, 0.25) is 10.0 Å². The van der Waals surface area contributed by atoms with E-state index in [0.29, 0.717) is 10.0 Å². The molecule has 1 saturated carbocycles. The van der Waals surface area contributed by atoms with E-state index in [1.165, 1.54) is 0 Å². The number of nitrogens with zero attached hydrogens (tertiary/aromatic N) is 1. The molecule has 0 radical (unpaired) electrons. The summed E-state index contributed by atoms with van der Waals surface area (Å²) in [6.45, 7) is 5.00. The highest BCUT2D eigenvalue weighted by Gasteiger charge is 2.45. The molecule has 24 heavy (non-hydrogen) atoms. The second-order valence-electron chi connectivity index (χ2n) is 7.68. The van der Waals surface area contributed by atoms with E-state index in [-0.39, 0.29) is 29.4 Å². The minimum Gasteiger partial charge on any atom is -0.393 e. The van der Waals surface area contributed by atoms with Crippen molar-refractivity contribution in [2.75, 3.05) is 6.54 Å². The molecule has 1 amide bonds. The molecule has 2 aliphatic rings. The van der Waals surface area contributed by atoms with Crippen LogP contribution in [0.4, 0.5) is 0 Å². The van der Waals surface area contributed by atoms with Gasteiger partial charge in [0.15, 0.2) is 0 Å². The van der Waals surface area contributed by atoms with Gasteiger partial charge in [-0.05, 0) is 49.8 Å². The van der Waals surface area contributed by atoms with Crippen molar-refractivity contribution in [2.45, 2.75) is 63.5 Å². The second kappa shape index (κ2) is 6.86. The van der Waals surface area contributed by atoms with Crippen LogP contribution in [0.1, 0.15) is 51.5 Å². The van der Waals surface area contributed by atoms with Gasteiger partial charge < -0.3 is 10.0 Å². The monoisotopic (exact) mass is 369 g/mol. The third-order valence-electron chi connectivity index (χ3n) is 5.84. The fraction of sp³-hybridized carbons (Fsp3) is 0.632. The fourth-order valence-corrected chi connectivity index (χ4v) is 4.96. The molecule has 3 rings (SSSR count). The van der Waals surface area contributed by atoms with Crippen LogP contribution in [0, 0.1) is 5.92 Å². The Balaban J connectivity index is 1.78. The first-order valence-electron chi connectivity index (χ1n) is 8.74. The summed E-state index contributed by atoms with van der Waals surface area (Å²) < 4.78 is 0. The molecule has 132 valence electrons. The molecule has 0 bridgehead atoms. The van der Waals surface area contributed by atoms with Crippen molar-refractivity contribution in [1.29, 1.82) is 0 Å². The van der Waals surface area contributed by atoms with Crippen LogP contribution in [0.3, 0.4) is 0 Å². The Morgan fingerprint density at radius 1 is 1.12 bits per heavy atom. The Kier molecular flexibility index (Phi) is 5.15. The first-order valence-corrected chi connectivity index (χ1v) is 9.50. The largest absolute Gasteiger partial charge is 0.393 e. The topological polar surface area (TPSA) is 40.5 Å². The van der Waals surface area contributed by atoms with Gasteiger partial charge in [-0.1, -0.05) is 43.1 Å². The zero-order valence-corrected chi connectivity index (χ0v) is 15.8. The highest BCUT2D eigenvalue weighted by molar-refractivity contribution is 6.35. The van der Waals surface area contributed by atoms with E-state index < -0.39 is 0 Å². The molecule has 1 heterocycles. The van der Waals surface area contributed by atoms with Crippen molar-refractivity contribution < 1.29 is 9.90 Å². The smallest absolute Gasteiger partial charge is 0.226 e. The van der Waals surface area contributed by atoms with Crippen LogP contribution in [0.5, 0.6) is 0 Å². The summed E-state index contributed by atoms with van der Waals surface area (Å²) in [5.74, 6) is 0.162. The van der Waals surface area contributed by atoms with E-state index in [1.807, 2.05) is 17.0 Å². The Morgan fingerprint density at radius 2 is 1.79 bits per heavy atom. The van der Waals surface area contributed by atoms with Crippen LogP contribution >= 0.6 is 23.2 Å². The van der Waals surface area contributed by atoms with Crippen molar-refractivity contribution >= 4 is 29.1 Å². The molecule has 1 aliphatic carbocycles. The number of halogens is 2. The van der Waals surface area contributed by atoms with Crippen molar-refractivity contribution in [2.24, 2.45) is 5.92 Å². The molecule has 1 aliphatic heterocycles. The highest BCUT2D eigenvalue weighted by Crippen LogP contribution is 2.43. The van der Waals surface area contributed by atoms with Crippen LogP contribution in [0.25, 0.3) is 0 Å². The molecule has 1 N–H and O–H groups in total. The predicted molar refractivity (Wildman–Crippen MR) is 97.6 cm³/mol. The molecule has 5 heteroatoms. The van der Waals surface area contributed by atoms with E-state index in [2.05, 4.69) is 13.8 Å². The fourth-order valence-electron chi connectivity index (χ4n) is 4.30. The van der Waals surface area contributed by atoms with Crippen molar-refractivity contribution in [3.05, 3.63) is 33.8 Å². The molecule has 2 fully saturated rings. The molecule has 1 saturated heterocycles. The maximum absolute atomic E-state index is 13.1. The Morgan fingerprint density at radius 3 is 2.42 bits per heavy atom. The predicted octanol–water partition coefficient (Wildman–Crippen LogP) is 4.42. The first kappa shape index (κ1) is 18.0. The van der Waals surface area contributed by atoms with Crippen LogP contribution in [-0.4, -0.2) is 34.6 Å². The van der Waals surface area contributed by atoms with Crippen molar-refractivity contribution in [3.8, 4) is 0 Å². The summed E-state index contributed by atoms with van der Waals surface area (Å²) >= 11 is 12.4. The molecule has 1 aromatic rings. The number of hydrogen-bond acceptors (Lipinski definition) is 2. The third kappa shape index (κ3) is 3.31. The van der Waals surface area contributed by atoms with Crippen molar-refractivity contribution in [3.63, 3.8) is 0 Å². The van der Waals surface area contributed by atoms with Gasteiger partial charge in [-0.25, -0.2) is 0 Å². The van der Waals surface area contributed by atoms with E-state index in [9.17, 15) is 9.90 Å². The number of aliphatic hydroxyl groups is 1. The molecular weight excluding hydrogens is 345 g/mol. The quantitative estimate of drug-likeness (QED) is 0.856. The number of carbonyl (C=O) groups excluding carboxylic acids is 1. The third-order valence-corrected chi connectivity index (χ3v) is 6.39. The van der Waals surface area contributed by atoms with E-state index in [0.717, 1.165) is 44.2 Å². The lowest BCUT2D eigenvalue weighted by molar-refractivity contribution is -0.135. The zero-order valence-electron chi connectivity index (χ0n) is 14.3. The Labute approximate surface area is 153 Å². The Hall–Kier alpha value is -0.770. The summed E-state index contributed by atoms with van der Waals surface area (Å²) in [4.78, 5) is 15.1. The van der Waals surface area contributed by atoms with Gasteiger partial charge in [0.25, 0.3) is 0 Å². The van der Waals surface area contributed by atoms with Gasteiger partial charge in [0, 0.05) is 34.0 Å². The molecule has 0 spiro atoms. The number of aliphatic hydroxyl groups excluding tert-OH is 1. The summed E-state index contributed by atoms with van der Waals surface area (Å²) in [7, 11) is 0. The van der Waals surface area contributed by atoms with Gasteiger partial charge in [-0.15, -0.1) is 0 Å². The average molecular weight is 370 g/mol. The second-order valence-corrected chi connectivity index (χ2v) is 8.52. The summed E-state index contributed by atoms with van der Waals surface area (Å²) in [6, 6.07) is 5.81. The molecule has 1 atom stereocenters. The van der Waals surface area contributed by atoms with Gasteiger partial charge in [-0.3, -0.25) is 4.79 Å². The van der Waals surface area contributed by atoms with Gasteiger partial charge in [0.1, 0.15) is 0 Å². The zero-order chi connectivity index (χ0) is 17.5. The van der Waals surface area contributed by atoms with E-state index in [1.54, 1.807) is 6.07 Å². The maximum Gasteiger partial charge on any atom is 0.226 e. The van der Waals surface area contributed by atoms with Gasteiger partial charge in [0.05, 0.1) is 6.10 Å². The van der Waals surface area contributed by atoms with Crippen LogP contribution in [-0.2, 0) is 10.2 Å². The van der Waals surface area contributed by atoms with E-state index in [4.69, 9.17) is 23.2 Å². The van der Waals surface area contributed by atoms with Gasteiger partial charge in [0.2, 0.25) is 5.91 Å². The van der Waals surface area contributed by atoms with Gasteiger partial charge >= 0.3 is 0 Å². The van der Waals surface area contributed by atoms with Gasteiger partial charge in [-0.2, -0.15) is 0 Å². The number of benzene rings is 1. The number of likely N-dealkylation sites (tertiary alicyclic amines) is 1. The normalized spacial score (nSPS) is 28.5. The first-order chi connectivity index (χ1) is 11.3. The number of carbonyl (C=O) groups is 1. The number of hydrogen-bond donors (Lipinski definition) is 1. The van der Waals surface area contributed by atoms with Crippen LogP contribution < -0.4 is 0 Å². The maximum atomic E-state index is 13.1. The molecule has 0 aromatic heterocycles. The van der Waals surface area contributed by atoms with Crippen molar-refractivity contribution in [1.82, 2.24) is 4.90 Å². The lowest BCUT2D eigenvalue weighted by Crippen LogP contribution is -2.43. The standard InChI is InChI=1S/C19H25Cl2NO2/c1-19(2,15-8-3-12(20)11-17(15)21)16-9-10-22(18(16)24)13-4-6-14(23)7-5-13/h3,8,11,13-14,16,23H,4-7,9-10H2,1-2H3/t13-,14-,16?. The average Bonchev–Trinajstić information content (AvgIpc) is 2.90. The number of amides is 1. The summed E-state index contributed by atoms with van der Waals surface area (Å²) in [6.07, 6.45) is 4.06. The SMILES string of the molecule is CC(C)(c1ccc(Cl)cc1Cl)C1CCN([C@H]2CC[C@H](O)CC2)C1=O. The lowest BCUT2D eigenvalue weighted by atomic mass is 9.72. The Bertz CT molecular complexity index is 624. The minimum atomic E-state index is -0.332. The van der Waals surface area contributed by atoms with E-state index >= 15 is 0 Å². The highest BCUT2D eigenvalue weighted by atomic mass is 35.5. The molecule has 1 unspecified atom stereocenters. The number of rotatable bonds is 3. The molecule has 3 nitrogen and oxygen atoms in total. The minimum absolute atomic E-state index is 0.0666. The van der Waals surface area contributed by atoms with Crippen LogP contribution in [0.15, 0.2) is 18.2 Å². The molecule has 1 aromatic carbocycles. The lowest BCUT2D eigenvalue weighted by Gasteiger charge is -2.35. The molecular formula is C19H25Cl2NO2.